The molecule has 0 saturated carbocycles. The fourth-order valence-electron chi connectivity index (χ4n) is 4.33. The molecule has 42 heavy (non-hydrogen) atoms. The van der Waals surface area contributed by atoms with Crippen LogP contribution >= 0.6 is 0 Å². The zero-order valence-electron chi connectivity index (χ0n) is 21.9. The number of rotatable bonds is 8. The topological polar surface area (TPSA) is 137 Å². The lowest BCUT2D eigenvalue weighted by Gasteiger charge is -2.23. The standard InChI is InChI=1S/C30H21FN2O8S/c1-2-40-30(35)27-25-18-23(14-17-26(25)41-28(27)19-6-4-3-5-7-19)32(42(38,39)24-15-10-21(31)11-16-24)29(34)20-8-12-22(13-9-20)33(36)37/h3-18H,2H2,1H3. The molecule has 1 heterocycles. The van der Waals surface area contributed by atoms with Gasteiger partial charge in [0.25, 0.3) is 21.6 Å². The Balaban J connectivity index is 1.73. The largest absolute Gasteiger partial charge is 0.462 e. The molecule has 0 radical (unpaired) electrons. The predicted molar refractivity (Wildman–Crippen MR) is 151 cm³/mol. The molecule has 0 bridgehead atoms. The molecule has 1 amide bonds. The van der Waals surface area contributed by atoms with Crippen molar-refractivity contribution in [3.8, 4) is 11.3 Å². The fourth-order valence-corrected chi connectivity index (χ4v) is 5.74. The van der Waals surface area contributed by atoms with Crippen molar-refractivity contribution in [3.05, 3.63) is 124 Å². The fraction of sp³-hybridized carbons (Fsp3) is 0.0667. The number of nitro groups is 1. The van der Waals surface area contributed by atoms with Crippen LogP contribution < -0.4 is 4.31 Å². The van der Waals surface area contributed by atoms with E-state index in [-0.39, 0.29) is 50.7 Å². The lowest BCUT2D eigenvalue weighted by molar-refractivity contribution is -0.384. The summed E-state index contributed by atoms with van der Waals surface area (Å²) in [5.41, 5.74) is 0.183. The molecule has 0 aliphatic rings. The number of nitrogens with zero attached hydrogens (tertiary/aromatic N) is 2. The van der Waals surface area contributed by atoms with Crippen molar-refractivity contribution < 1.29 is 36.5 Å². The van der Waals surface area contributed by atoms with Gasteiger partial charge in [-0.3, -0.25) is 14.9 Å². The molecule has 0 saturated heterocycles. The van der Waals surface area contributed by atoms with Crippen molar-refractivity contribution in [2.75, 3.05) is 10.9 Å². The second-order valence-electron chi connectivity index (χ2n) is 8.91. The van der Waals surface area contributed by atoms with E-state index in [2.05, 4.69) is 0 Å². The molecule has 0 spiro atoms. The van der Waals surface area contributed by atoms with E-state index in [4.69, 9.17) is 9.15 Å². The van der Waals surface area contributed by atoms with Crippen LogP contribution in [0.25, 0.3) is 22.3 Å². The number of sulfonamides is 1. The number of amides is 1. The summed E-state index contributed by atoms with van der Waals surface area (Å²) < 4.78 is 53.1. The summed E-state index contributed by atoms with van der Waals surface area (Å²) in [4.78, 5) is 37.0. The molecule has 0 fully saturated rings. The molecule has 0 unspecified atom stereocenters. The van der Waals surface area contributed by atoms with Crippen LogP contribution in [0.5, 0.6) is 0 Å². The third-order valence-corrected chi connectivity index (χ3v) is 8.01. The molecule has 10 nitrogen and oxygen atoms in total. The van der Waals surface area contributed by atoms with E-state index < -0.39 is 32.6 Å². The number of hydrogen-bond acceptors (Lipinski definition) is 8. The van der Waals surface area contributed by atoms with E-state index in [1.807, 2.05) is 0 Å². The number of hydrogen-bond donors (Lipinski definition) is 0. The highest BCUT2D eigenvalue weighted by Crippen LogP contribution is 2.37. The maximum Gasteiger partial charge on any atom is 0.342 e. The van der Waals surface area contributed by atoms with Crippen LogP contribution in [0, 0.1) is 15.9 Å². The summed E-state index contributed by atoms with van der Waals surface area (Å²) in [6.45, 7) is 1.69. The number of ether oxygens (including phenoxy) is 1. The Bertz CT molecular complexity index is 1920. The summed E-state index contributed by atoms with van der Waals surface area (Å²) in [7, 11) is -4.67. The Hall–Kier alpha value is -5.36. The highest BCUT2D eigenvalue weighted by atomic mass is 32.2. The van der Waals surface area contributed by atoms with E-state index in [1.54, 1.807) is 37.3 Å². The molecule has 1 aromatic heterocycles. The number of benzene rings is 4. The van der Waals surface area contributed by atoms with Gasteiger partial charge in [-0.2, -0.15) is 4.31 Å². The number of non-ortho nitro benzene ring substituents is 1. The highest BCUT2D eigenvalue weighted by molar-refractivity contribution is 7.93. The molecule has 0 atom stereocenters. The Kier molecular flexibility index (Phi) is 7.55. The average Bonchev–Trinajstić information content (AvgIpc) is 3.37. The number of carbonyl (C=O) groups excluding carboxylic acids is 2. The molecule has 0 aliphatic heterocycles. The van der Waals surface area contributed by atoms with E-state index in [0.29, 0.717) is 9.87 Å². The zero-order chi connectivity index (χ0) is 30.0. The molecule has 4 aromatic carbocycles. The molecule has 5 rings (SSSR count). The minimum absolute atomic E-state index is 0.0295. The quantitative estimate of drug-likeness (QED) is 0.116. The first kappa shape index (κ1) is 28.2. The number of esters is 1. The highest BCUT2D eigenvalue weighted by Gasteiger charge is 2.33. The minimum Gasteiger partial charge on any atom is -0.462 e. The Labute approximate surface area is 238 Å². The Morgan fingerprint density at radius 3 is 2.24 bits per heavy atom. The Morgan fingerprint density at radius 2 is 1.62 bits per heavy atom. The van der Waals surface area contributed by atoms with Gasteiger partial charge in [-0.1, -0.05) is 30.3 Å². The third kappa shape index (κ3) is 5.22. The molecular weight excluding hydrogens is 567 g/mol. The first-order valence-corrected chi connectivity index (χ1v) is 13.9. The van der Waals surface area contributed by atoms with Crippen molar-refractivity contribution in [1.29, 1.82) is 0 Å². The summed E-state index contributed by atoms with van der Waals surface area (Å²) in [6, 6.07) is 21.1. The van der Waals surface area contributed by atoms with Crippen LogP contribution in [0.1, 0.15) is 27.6 Å². The summed E-state index contributed by atoms with van der Waals surface area (Å²) >= 11 is 0. The second kappa shape index (κ2) is 11.3. The van der Waals surface area contributed by atoms with Gasteiger partial charge in [0.1, 0.15) is 22.7 Å². The summed E-state index contributed by atoms with van der Waals surface area (Å²) in [5, 5.41) is 11.3. The van der Waals surface area contributed by atoms with Gasteiger partial charge < -0.3 is 9.15 Å². The van der Waals surface area contributed by atoms with Crippen molar-refractivity contribution in [3.63, 3.8) is 0 Å². The van der Waals surface area contributed by atoms with Gasteiger partial charge in [-0.15, -0.1) is 0 Å². The van der Waals surface area contributed by atoms with Gasteiger partial charge >= 0.3 is 5.97 Å². The van der Waals surface area contributed by atoms with Gasteiger partial charge in [0.15, 0.2) is 0 Å². The van der Waals surface area contributed by atoms with Crippen LogP contribution in [-0.2, 0) is 14.8 Å². The number of furan rings is 1. The van der Waals surface area contributed by atoms with Gasteiger partial charge in [0, 0.05) is 28.6 Å². The zero-order valence-corrected chi connectivity index (χ0v) is 22.7. The van der Waals surface area contributed by atoms with Crippen LogP contribution in [0.2, 0.25) is 0 Å². The van der Waals surface area contributed by atoms with E-state index in [9.17, 15) is 32.5 Å². The van der Waals surface area contributed by atoms with Gasteiger partial charge in [-0.25, -0.2) is 17.6 Å². The molecule has 0 N–H and O–H groups in total. The average molecular weight is 589 g/mol. The predicted octanol–water partition coefficient (Wildman–Crippen LogP) is 6.36. The normalized spacial score (nSPS) is 11.3. The Morgan fingerprint density at radius 1 is 0.952 bits per heavy atom. The third-order valence-electron chi connectivity index (χ3n) is 6.28. The summed E-state index contributed by atoms with van der Waals surface area (Å²) in [6.07, 6.45) is 0. The van der Waals surface area contributed by atoms with Gasteiger partial charge in [0.2, 0.25) is 0 Å². The van der Waals surface area contributed by atoms with Gasteiger partial charge in [0.05, 0.1) is 22.1 Å². The number of nitro benzene ring substituents is 1. The van der Waals surface area contributed by atoms with E-state index in [1.165, 1.54) is 18.2 Å². The smallest absolute Gasteiger partial charge is 0.342 e. The second-order valence-corrected chi connectivity index (χ2v) is 10.7. The molecular formula is C30H21FN2O8S. The van der Waals surface area contributed by atoms with Crippen LogP contribution in [0.15, 0.2) is 106 Å². The van der Waals surface area contributed by atoms with E-state index >= 15 is 0 Å². The molecule has 12 heteroatoms. The first-order valence-electron chi connectivity index (χ1n) is 12.5. The first-order chi connectivity index (χ1) is 20.1. The maximum atomic E-state index is 13.9. The van der Waals surface area contributed by atoms with Crippen molar-refractivity contribution in [1.82, 2.24) is 0 Å². The SMILES string of the molecule is CCOC(=O)c1c(-c2ccccc2)oc2ccc(N(C(=O)c3ccc([N+](=O)[O-])cc3)S(=O)(=O)c3ccc(F)cc3)cc12. The lowest BCUT2D eigenvalue weighted by atomic mass is 10.1. The van der Waals surface area contributed by atoms with Crippen molar-refractivity contribution in [2.24, 2.45) is 0 Å². The number of carbonyl (C=O) groups is 2. The number of halogens is 1. The van der Waals surface area contributed by atoms with Crippen molar-refractivity contribution in [2.45, 2.75) is 11.8 Å². The molecule has 212 valence electrons. The maximum absolute atomic E-state index is 13.9. The number of anilines is 1. The monoisotopic (exact) mass is 588 g/mol. The van der Waals surface area contributed by atoms with Crippen LogP contribution in [0.4, 0.5) is 15.8 Å². The van der Waals surface area contributed by atoms with Crippen LogP contribution in [-0.4, -0.2) is 31.8 Å². The van der Waals surface area contributed by atoms with Gasteiger partial charge in [-0.05, 0) is 61.5 Å². The van der Waals surface area contributed by atoms with Crippen molar-refractivity contribution >= 4 is 44.2 Å². The minimum atomic E-state index is -4.67. The van der Waals surface area contributed by atoms with Crippen LogP contribution in [0.3, 0.4) is 0 Å². The summed E-state index contributed by atoms with van der Waals surface area (Å²) in [5.74, 6) is -2.26. The lowest BCUT2D eigenvalue weighted by Crippen LogP contribution is -2.37. The van der Waals surface area contributed by atoms with E-state index in [0.717, 1.165) is 48.5 Å². The number of fused-ring (bicyclic) bond motifs is 1. The molecule has 5 aromatic rings. The molecule has 0 aliphatic carbocycles.